The number of Topliss-reactive ketones (excluding diaryl/α,β-unsaturated/α-hetero) is 1. The predicted molar refractivity (Wildman–Crippen MR) is 67.3 cm³/mol. The average Bonchev–Trinajstić information content (AvgIpc) is 3.12. The third-order valence-electron chi connectivity index (χ3n) is 3.01. The number of hydrogen-bond acceptors (Lipinski definition) is 4. The van der Waals surface area contributed by atoms with E-state index >= 15 is 0 Å². The van der Waals surface area contributed by atoms with Crippen LogP contribution in [0.2, 0.25) is 0 Å². The fraction of sp³-hybridized carbons (Fsp3) is 0.615. The summed E-state index contributed by atoms with van der Waals surface area (Å²) >= 11 is 0. The van der Waals surface area contributed by atoms with Crippen molar-refractivity contribution in [3.8, 4) is 0 Å². The summed E-state index contributed by atoms with van der Waals surface area (Å²) in [6.07, 6.45) is 5.23. The minimum Gasteiger partial charge on any atom is -0.356 e. The van der Waals surface area contributed by atoms with Crippen LogP contribution in [0.25, 0.3) is 0 Å². The molecule has 1 fully saturated rings. The highest BCUT2D eigenvalue weighted by Gasteiger charge is 2.24. The maximum atomic E-state index is 11.3. The largest absolute Gasteiger partial charge is 0.356 e. The molecule has 1 aromatic heterocycles. The van der Waals surface area contributed by atoms with Crippen molar-refractivity contribution in [2.24, 2.45) is 5.92 Å². The fourth-order valence-corrected chi connectivity index (χ4v) is 1.89. The van der Waals surface area contributed by atoms with Gasteiger partial charge in [-0.2, -0.15) is 0 Å². The van der Waals surface area contributed by atoms with Crippen LogP contribution in [0.5, 0.6) is 0 Å². The van der Waals surface area contributed by atoms with Crippen LogP contribution in [-0.2, 0) is 0 Å². The SMILES string of the molecule is CCCN(CC1CC1)c1cc(C(C)=O)ncn1. The summed E-state index contributed by atoms with van der Waals surface area (Å²) in [7, 11) is 0. The molecule has 0 atom stereocenters. The number of carbonyl (C=O) groups is 1. The number of rotatable bonds is 6. The molecule has 1 aliphatic rings. The smallest absolute Gasteiger partial charge is 0.178 e. The van der Waals surface area contributed by atoms with E-state index in [1.54, 1.807) is 6.07 Å². The maximum Gasteiger partial charge on any atom is 0.178 e. The average molecular weight is 233 g/mol. The molecule has 0 aliphatic heterocycles. The minimum atomic E-state index is -0.00322. The molecule has 0 bridgehead atoms. The molecule has 0 saturated heterocycles. The zero-order valence-electron chi connectivity index (χ0n) is 10.5. The Morgan fingerprint density at radius 1 is 1.47 bits per heavy atom. The molecule has 17 heavy (non-hydrogen) atoms. The molecular formula is C13H19N3O. The summed E-state index contributed by atoms with van der Waals surface area (Å²) in [5.74, 6) is 1.70. The van der Waals surface area contributed by atoms with Crippen molar-refractivity contribution >= 4 is 11.6 Å². The van der Waals surface area contributed by atoms with Gasteiger partial charge in [0.15, 0.2) is 5.78 Å². The van der Waals surface area contributed by atoms with E-state index in [1.165, 1.54) is 26.1 Å². The van der Waals surface area contributed by atoms with Crippen LogP contribution >= 0.6 is 0 Å². The van der Waals surface area contributed by atoms with Gasteiger partial charge < -0.3 is 4.90 Å². The summed E-state index contributed by atoms with van der Waals surface area (Å²) in [4.78, 5) is 21.8. The summed E-state index contributed by atoms with van der Waals surface area (Å²) in [6.45, 7) is 5.75. The number of nitrogens with zero attached hydrogens (tertiary/aromatic N) is 3. The molecular weight excluding hydrogens is 214 g/mol. The van der Waals surface area contributed by atoms with E-state index in [0.717, 1.165) is 31.2 Å². The Hall–Kier alpha value is -1.45. The Morgan fingerprint density at radius 2 is 2.24 bits per heavy atom. The summed E-state index contributed by atoms with van der Waals surface area (Å²) in [5.41, 5.74) is 0.506. The summed E-state index contributed by atoms with van der Waals surface area (Å²) < 4.78 is 0. The van der Waals surface area contributed by atoms with E-state index < -0.39 is 0 Å². The van der Waals surface area contributed by atoms with Crippen LogP contribution in [-0.4, -0.2) is 28.8 Å². The van der Waals surface area contributed by atoms with Gasteiger partial charge in [-0.15, -0.1) is 0 Å². The molecule has 4 nitrogen and oxygen atoms in total. The monoisotopic (exact) mass is 233 g/mol. The van der Waals surface area contributed by atoms with Gasteiger partial charge in [0.05, 0.1) is 0 Å². The van der Waals surface area contributed by atoms with Gasteiger partial charge >= 0.3 is 0 Å². The van der Waals surface area contributed by atoms with Crippen LogP contribution in [0.1, 0.15) is 43.6 Å². The fourth-order valence-electron chi connectivity index (χ4n) is 1.89. The highest BCUT2D eigenvalue weighted by Crippen LogP contribution is 2.31. The zero-order chi connectivity index (χ0) is 12.3. The molecule has 1 aliphatic carbocycles. The third kappa shape index (κ3) is 3.25. The minimum absolute atomic E-state index is 0.00322. The lowest BCUT2D eigenvalue weighted by atomic mass is 10.2. The topological polar surface area (TPSA) is 46.1 Å². The first-order valence-electron chi connectivity index (χ1n) is 6.28. The van der Waals surface area contributed by atoms with Gasteiger partial charge in [0.2, 0.25) is 0 Å². The molecule has 0 amide bonds. The van der Waals surface area contributed by atoms with Crippen LogP contribution in [0.15, 0.2) is 12.4 Å². The first-order valence-corrected chi connectivity index (χ1v) is 6.28. The van der Waals surface area contributed by atoms with Crippen LogP contribution < -0.4 is 4.90 Å². The third-order valence-corrected chi connectivity index (χ3v) is 3.01. The highest BCUT2D eigenvalue weighted by molar-refractivity contribution is 5.92. The van der Waals surface area contributed by atoms with Gasteiger partial charge in [-0.25, -0.2) is 9.97 Å². The first kappa shape index (κ1) is 12.0. The van der Waals surface area contributed by atoms with E-state index in [1.807, 2.05) is 0 Å². The number of hydrogen-bond donors (Lipinski definition) is 0. The number of anilines is 1. The van der Waals surface area contributed by atoms with E-state index in [9.17, 15) is 4.79 Å². The predicted octanol–water partition coefficient (Wildman–Crippen LogP) is 2.31. The normalized spacial score (nSPS) is 14.7. The molecule has 1 saturated carbocycles. The molecule has 0 spiro atoms. The van der Waals surface area contributed by atoms with Gasteiger partial charge in [-0.05, 0) is 25.2 Å². The molecule has 92 valence electrons. The molecule has 2 rings (SSSR count). The van der Waals surface area contributed by atoms with Crippen molar-refractivity contribution in [1.29, 1.82) is 0 Å². The van der Waals surface area contributed by atoms with Crippen molar-refractivity contribution < 1.29 is 4.79 Å². The molecule has 0 N–H and O–H groups in total. The lowest BCUT2D eigenvalue weighted by Gasteiger charge is -2.23. The standard InChI is InChI=1S/C13H19N3O/c1-3-6-16(8-11-4-5-11)13-7-12(10(2)17)14-9-15-13/h7,9,11H,3-6,8H2,1-2H3. The Bertz CT molecular complexity index is 401. The number of carbonyl (C=O) groups excluding carboxylic acids is 1. The van der Waals surface area contributed by atoms with Crippen LogP contribution in [0.4, 0.5) is 5.82 Å². The van der Waals surface area contributed by atoms with Crippen molar-refractivity contribution in [3.05, 3.63) is 18.1 Å². The lowest BCUT2D eigenvalue weighted by Crippen LogP contribution is -2.27. The number of ketones is 1. The Balaban J connectivity index is 2.15. The lowest BCUT2D eigenvalue weighted by molar-refractivity contribution is 0.101. The van der Waals surface area contributed by atoms with Gasteiger partial charge in [0, 0.05) is 26.1 Å². The molecule has 4 heteroatoms. The van der Waals surface area contributed by atoms with Crippen molar-refractivity contribution in [3.63, 3.8) is 0 Å². The number of aromatic nitrogens is 2. The zero-order valence-corrected chi connectivity index (χ0v) is 10.5. The molecule has 0 radical (unpaired) electrons. The van der Waals surface area contributed by atoms with E-state index in [-0.39, 0.29) is 5.78 Å². The van der Waals surface area contributed by atoms with E-state index in [2.05, 4.69) is 21.8 Å². The molecule has 0 unspecified atom stereocenters. The van der Waals surface area contributed by atoms with Gasteiger partial charge in [-0.1, -0.05) is 6.92 Å². The van der Waals surface area contributed by atoms with Crippen LogP contribution in [0, 0.1) is 5.92 Å². The second kappa shape index (κ2) is 5.25. The Morgan fingerprint density at radius 3 is 2.82 bits per heavy atom. The summed E-state index contributed by atoms with van der Waals surface area (Å²) in [5, 5.41) is 0. The van der Waals surface area contributed by atoms with Crippen LogP contribution in [0.3, 0.4) is 0 Å². The maximum absolute atomic E-state index is 11.3. The van der Waals surface area contributed by atoms with Gasteiger partial charge in [0.25, 0.3) is 0 Å². The molecule has 1 heterocycles. The second-order valence-corrected chi connectivity index (χ2v) is 4.71. The molecule has 0 aromatic carbocycles. The second-order valence-electron chi connectivity index (χ2n) is 4.71. The van der Waals surface area contributed by atoms with Gasteiger partial charge in [0.1, 0.15) is 17.8 Å². The Kier molecular flexibility index (Phi) is 3.71. The van der Waals surface area contributed by atoms with Gasteiger partial charge in [-0.3, -0.25) is 4.79 Å². The quantitative estimate of drug-likeness (QED) is 0.707. The van der Waals surface area contributed by atoms with Crippen molar-refractivity contribution in [2.75, 3.05) is 18.0 Å². The van der Waals surface area contributed by atoms with Crippen molar-refractivity contribution in [1.82, 2.24) is 9.97 Å². The Labute approximate surface area is 102 Å². The van der Waals surface area contributed by atoms with E-state index in [0.29, 0.717) is 5.69 Å². The highest BCUT2D eigenvalue weighted by atomic mass is 16.1. The summed E-state index contributed by atoms with van der Waals surface area (Å²) in [6, 6.07) is 1.81. The first-order chi connectivity index (χ1) is 8.20. The van der Waals surface area contributed by atoms with E-state index in [4.69, 9.17) is 0 Å². The van der Waals surface area contributed by atoms with Crippen molar-refractivity contribution in [2.45, 2.75) is 33.1 Å². The molecule has 1 aromatic rings.